The molecule has 2 aliphatic rings. The highest BCUT2D eigenvalue weighted by atomic mass is 127. The van der Waals surface area contributed by atoms with Crippen molar-refractivity contribution in [3.63, 3.8) is 0 Å². The number of rotatable bonds is 6. The van der Waals surface area contributed by atoms with E-state index in [1.165, 1.54) is 6.07 Å². The van der Waals surface area contributed by atoms with Gasteiger partial charge in [0.15, 0.2) is 0 Å². The molecule has 0 bridgehead atoms. The van der Waals surface area contributed by atoms with Gasteiger partial charge in [-0.2, -0.15) is 0 Å². The van der Waals surface area contributed by atoms with Crippen LogP contribution in [0.5, 0.6) is 0 Å². The zero-order valence-corrected chi connectivity index (χ0v) is 16.3. The van der Waals surface area contributed by atoms with Crippen molar-refractivity contribution in [2.75, 3.05) is 19.8 Å². The summed E-state index contributed by atoms with van der Waals surface area (Å²) in [7, 11) is 0. The highest BCUT2D eigenvalue weighted by molar-refractivity contribution is 14.1. The van der Waals surface area contributed by atoms with Gasteiger partial charge < -0.3 is 14.7 Å². The summed E-state index contributed by atoms with van der Waals surface area (Å²) in [4.78, 5) is 17.3. The standard InChI is InChI=1S/C16H20BF2IN2O3/c1-3-15(6-7-25-17(2)20)12-10(4-5-11(21-12)13(18)19)16(8-24-9-16)22-14(15)23/h4-5,13H,3,6-9H2,1-2H3,(H,22,23). The molecule has 1 amide bonds. The summed E-state index contributed by atoms with van der Waals surface area (Å²) >= 11 is 2.14. The van der Waals surface area contributed by atoms with E-state index in [0.29, 0.717) is 38.4 Å². The number of hydrogen-bond donors (Lipinski definition) is 1. The van der Waals surface area contributed by atoms with Gasteiger partial charge in [0.25, 0.3) is 6.43 Å². The van der Waals surface area contributed by atoms with E-state index < -0.39 is 17.4 Å². The SMILES string of the molecule is CCC1(CCOB(C)I)C(=O)NC2(COC2)c2ccc(C(F)F)nc21. The third-order valence-electron chi connectivity index (χ3n) is 5.07. The number of alkyl halides is 2. The van der Waals surface area contributed by atoms with Crippen molar-refractivity contribution in [3.05, 3.63) is 29.1 Å². The predicted octanol–water partition coefficient (Wildman–Crippen LogP) is 2.98. The second-order valence-corrected chi connectivity index (χ2v) is 8.32. The van der Waals surface area contributed by atoms with E-state index in [9.17, 15) is 13.6 Å². The maximum absolute atomic E-state index is 13.2. The van der Waals surface area contributed by atoms with Gasteiger partial charge in [0.2, 0.25) is 5.91 Å². The molecule has 0 aliphatic carbocycles. The van der Waals surface area contributed by atoms with E-state index in [-0.39, 0.29) is 16.4 Å². The van der Waals surface area contributed by atoms with Crippen LogP contribution in [-0.2, 0) is 25.1 Å². The van der Waals surface area contributed by atoms with Gasteiger partial charge in [0, 0.05) is 12.2 Å². The van der Waals surface area contributed by atoms with E-state index in [2.05, 4.69) is 32.7 Å². The fraction of sp³-hybridized carbons (Fsp3) is 0.625. The van der Waals surface area contributed by atoms with E-state index in [1.807, 2.05) is 13.7 Å². The number of pyridine rings is 1. The molecule has 1 fully saturated rings. The Kier molecular flexibility index (Phi) is 5.37. The van der Waals surface area contributed by atoms with Gasteiger partial charge in [-0.1, -0.05) is 13.0 Å². The number of nitrogens with zero attached hydrogens (tertiary/aromatic N) is 1. The maximum atomic E-state index is 13.2. The number of fused-ring (bicyclic) bond motifs is 2. The first kappa shape index (κ1) is 19.0. The Morgan fingerprint density at radius 3 is 2.72 bits per heavy atom. The highest BCUT2D eigenvalue weighted by Crippen LogP contribution is 2.45. The molecule has 25 heavy (non-hydrogen) atoms. The van der Waals surface area contributed by atoms with E-state index in [0.717, 1.165) is 5.56 Å². The van der Waals surface area contributed by atoms with Gasteiger partial charge in [0.1, 0.15) is 11.2 Å². The van der Waals surface area contributed by atoms with Crippen molar-refractivity contribution in [2.45, 2.75) is 44.0 Å². The highest BCUT2D eigenvalue weighted by Gasteiger charge is 2.55. The van der Waals surface area contributed by atoms with Crippen LogP contribution in [0.4, 0.5) is 8.78 Å². The number of amides is 1. The molecular formula is C16H20BF2IN2O3. The van der Waals surface area contributed by atoms with Crippen molar-refractivity contribution >= 4 is 33.1 Å². The van der Waals surface area contributed by atoms with Crippen LogP contribution in [0.1, 0.15) is 43.1 Å². The molecule has 1 saturated heterocycles. The average Bonchev–Trinajstić information content (AvgIpc) is 2.54. The van der Waals surface area contributed by atoms with Crippen molar-refractivity contribution in [1.29, 1.82) is 0 Å². The monoisotopic (exact) mass is 464 g/mol. The fourth-order valence-corrected chi connectivity index (χ4v) is 3.78. The Bertz CT molecular complexity index is 673. The quantitative estimate of drug-likeness (QED) is 0.520. The molecule has 3 rings (SSSR count). The smallest absolute Gasteiger partial charge is 0.361 e. The lowest BCUT2D eigenvalue weighted by Gasteiger charge is -2.50. The summed E-state index contributed by atoms with van der Waals surface area (Å²) in [5.74, 6) is -0.186. The lowest BCUT2D eigenvalue weighted by atomic mass is 9.68. The summed E-state index contributed by atoms with van der Waals surface area (Å²) in [6.07, 6.45) is -1.82. The Morgan fingerprint density at radius 2 is 2.20 bits per heavy atom. The van der Waals surface area contributed by atoms with Crippen LogP contribution >= 0.6 is 22.4 Å². The van der Waals surface area contributed by atoms with Crippen LogP contribution in [0, 0.1) is 0 Å². The minimum Gasteiger partial charge on any atom is -0.426 e. The van der Waals surface area contributed by atoms with Gasteiger partial charge >= 0.3 is 4.77 Å². The molecule has 5 nitrogen and oxygen atoms in total. The number of carbonyl (C=O) groups is 1. The molecule has 1 atom stereocenters. The Hall–Kier alpha value is -0.805. The van der Waals surface area contributed by atoms with Crippen molar-refractivity contribution in [2.24, 2.45) is 0 Å². The average molecular weight is 464 g/mol. The molecule has 1 spiro atoms. The van der Waals surface area contributed by atoms with E-state index in [1.54, 1.807) is 6.07 Å². The molecule has 1 aromatic rings. The topological polar surface area (TPSA) is 60.5 Å². The number of ether oxygens (including phenoxy) is 1. The molecule has 9 heteroatoms. The first-order valence-corrected chi connectivity index (χ1v) is 9.55. The lowest BCUT2D eigenvalue weighted by molar-refractivity contribution is -0.144. The summed E-state index contributed by atoms with van der Waals surface area (Å²) in [5.41, 5.74) is -0.676. The predicted molar refractivity (Wildman–Crippen MR) is 98.0 cm³/mol. The van der Waals surface area contributed by atoms with Crippen LogP contribution in [0.2, 0.25) is 6.82 Å². The largest absolute Gasteiger partial charge is 0.426 e. The van der Waals surface area contributed by atoms with Gasteiger partial charge in [-0.25, -0.2) is 8.78 Å². The zero-order chi connectivity index (χ0) is 18.2. The van der Waals surface area contributed by atoms with Crippen molar-refractivity contribution in [1.82, 2.24) is 10.3 Å². The molecule has 1 unspecified atom stereocenters. The summed E-state index contributed by atoms with van der Waals surface area (Å²) in [5, 5.41) is 3.07. The summed E-state index contributed by atoms with van der Waals surface area (Å²) in [6.45, 7) is 4.81. The molecule has 0 radical (unpaired) electrons. The number of nitrogens with one attached hydrogen (secondary N) is 1. The summed E-state index contributed by atoms with van der Waals surface area (Å²) in [6, 6.07) is 3.00. The molecule has 1 N–H and O–H groups in total. The lowest BCUT2D eigenvalue weighted by Crippen LogP contribution is -2.67. The van der Waals surface area contributed by atoms with Crippen LogP contribution in [0.15, 0.2) is 12.1 Å². The third kappa shape index (κ3) is 3.19. The first-order valence-electron chi connectivity index (χ1n) is 8.31. The normalized spacial score (nSPS) is 24.0. The van der Waals surface area contributed by atoms with Crippen LogP contribution < -0.4 is 5.32 Å². The molecule has 1 aromatic heterocycles. The third-order valence-corrected chi connectivity index (χ3v) is 5.43. The Balaban J connectivity index is 2.07. The molecule has 2 aliphatic heterocycles. The minimum absolute atomic E-state index is 0.00404. The molecule has 0 aromatic carbocycles. The Labute approximate surface area is 159 Å². The van der Waals surface area contributed by atoms with E-state index >= 15 is 0 Å². The summed E-state index contributed by atoms with van der Waals surface area (Å²) < 4.78 is 37.4. The molecule has 136 valence electrons. The fourth-order valence-electron chi connectivity index (χ4n) is 3.52. The number of aromatic nitrogens is 1. The van der Waals surface area contributed by atoms with Crippen molar-refractivity contribution < 1.29 is 23.0 Å². The van der Waals surface area contributed by atoms with Gasteiger partial charge in [-0.3, -0.25) is 9.78 Å². The van der Waals surface area contributed by atoms with Crippen LogP contribution in [0.25, 0.3) is 0 Å². The molecular weight excluding hydrogens is 444 g/mol. The Morgan fingerprint density at radius 1 is 1.48 bits per heavy atom. The molecule has 0 saturated carbocycles. The number of hydrogen-bond acceptors (Lipinski definition) is 4. The second kappa shape index (κ2) is 7.07. The van der Waals surface area contributed by atoms with Crippen LogP contribution in [-0.4, -0.2) is 35.5 Å². The first-order chi connectivity index (χ1) is 11.8. The van der Waals surface area contributed by atoms with Gasteiger partial charge in [0.05, 0.1) is 24.3 Å². The maximum Gasteiger partial charge on any atom is 0.361 e. The van der Waals surface area contributed by atoms with E-state index in [4.69, 9.17) is 9.39 Å². The second-order valence-electron chi connectivity index (χ2n) is 6.56. The molecule has 3 heterocycles. The van der Waals surface area contributed by atoms with Crippen molar-refractivity contribution in [3.8, 4) is 0 Å². The van der Waals surface area contributed by atoms with Gasteiger partial charge in [-0.15, -0.1) is 22.4 Å². The number of carbonyl (C=O) groups excluding carboxylic acids is 1. The van der Waals surface area contributed by atoms with Crippen LogP contribution in [0.3, 0.4) is 0 Å². The zero-order valence-electron chi connectivity index (χ0n) is 14.2. The minimum atomic E-state index is -2.68. The number of halogens is 3. The van der Waals surface area contributed by atoms with Gasteiger partial charge in [-0.05, 0) is 25.7 Å².